The normalized spacial score (nSPS) is 15.5. The van der Waals surface area contributed by atoms with Gasteiger partial charge in [0.1, 0.15) is 11.4 Å². The van der Waals surface area contributed by atoms with Crippen molar-refractivity contribution in [3.05, 3.63) is 22.9 Å². The Labute approximate surface area is 81.8 Å². The van der Waals surface area contributed by atoms with Gasteiger partial charge in [-0.05, 0) is 37.3 Å². The predicted octanol–water partition coefficient (Wildman–Crippen LogP) is 1.55. The van der Waals surface area contributed by atoms with E-state index < -0.39 is 5.97 Å². The number of anilines is 1. The molecular weight excluding hydrogens is 180 g/mol. The van der Waals surface area contributed by atoms with Gasteiger partial charge in [-0.15, -0.1) is 0 Å². The van der Waals surface area contributed by atoms with Gasteiger partial charge in [-0.25, -0.2) is 9.78 Å². The van der Waals surface area contributed by atoms with Gasteiger partial charge in [-0.1, -0.05) is 0 Å². The average Bonchev–Trinajstić information content (AvgIpc) is 2.86. The first-order valence-electron chi connectivity index (χ1n) is 4.60. The van der Waals surface area contributed by atoms with Gasteiger partial charge in [0.25, 0.3) is 0 Å². The third-order valence-electron chi connectivity index (χ3n) is 2.53. The van der Waals surface area contributed by atoms with Crippen LogP contribution >= 0.6 is 0 Å². The summed E-state index contributed by atoms with van der Waals surface area (Å²) in [6.07, 6.45) is 2.26. The number of aromatic nitrogens is 1. The van der Waals surface area contributed by atoms with Crippen LogP contribution in [0.2, 0.25) is 0 Å². The molecule has 0 spiro atoms. The maximum absolute atomic E-state index is 10.8. The van der Waals surface area contributed by atoms with Crippen LogP contribution in [0, 0.1) is 6.92 Å². The Morgan fingerprint density at radius 2 is 2.29 bits per heavy atom. The molecule has 0 aliphatic heterocycles. The Bertz CT molecular complexity index is 397. The first-order chi connectivity index (χ1) is 6.59. The lowest BCUT2D eigenvalue weighted by atomic mass is 10.1. The second-order valence-corrected chi connectivity index (χ2v) is 3.68. The van der Waals surface area contributed by atoms with Gasteiger partial charge in [0.15, 0.2) is 0 Å². The van der Waals surface area contributed by atoms with Gasteiger partial charge in [0.05, 0.1) is 0 Å². The number of carbonyl (C=O) groups is 1. The van der Waals surface area contributed by atoms with Crippen LogP contribution in [-0.2, 0) is 0 Å². The molecule has 1 aromatic rings. The molecule has 0 amide bonds. The number of hydrogen-bond donors (Lipinski definition) is 2. The highest BCUT2D eigenvalue weighted by atomic mass is 16.4. The average molecular weight is 192 g/mol. The number of carboxylic acids is 1. The van der Waals surface area contributed by atoms with E-state index in [0.29, 0.717) is 5.92 Å². The van der Waals surface area contributed by atoms with Gasteiger partial charge >= 0.3 is 5.97 Å². The lowest BCUT2D eigenvalue weighted by molar-refractivity contribution is 0.0697. The van der Waals surface area contributed by atoms with Crippen molar-refractivity contribution in [3.63, 3.8) is 0 Å². The summed E-state index contributed by atoms with van der Waals surface area (Å²) in [6, 6.07) is 1.66. The lowest BCUT2D eigenvalue weighted by Gasteiger charge is -2.07. The van der Waals surface area contributed by atoms with Crippen molar-refractivity contribution in [3.8, 4) is 0 Å². The first kappa shape index (κ1) is 8.99. The fourth-order valence-electron chi connectivity index (χ4n) is 1.62. The van der Waals surface area contributed by atoms with Crippen LogP contribution in [0.25, 0.3) is 0 Å². The van der Waals surface area contributed by atoms with Crippen molar-refractivity contribution in [1.82, 2.24) is 4.98 Å². The predicted molar refractivity (Wildman–Crippen MR) is 52.3 cm³/mol. The number of carboxylic acid groups (broad SMARTS) is 1. The summed E-state index contributed by atoms with van der Waals surface area (Å²) in [5, 5.41) is 8.86. The molecule has 1 heterocycles. The standard InChI is InChI=1S/C10H12N2O2/c1-5-7(6-2-3-6)4-8(10(13)14)9(11)12-5/h4,6H,2-3H2,1H3,(H2,11,12)(H,13,14). The minimum absolute atomic E-state index is 0.111. The number of nitrogen functional groups attached to an aromatic ring is 1. The lowest BCUT2D eigenvalue weighted by Crippen LogP contribution is -2.07. The highest BCUT2D eigenvalue weighted by molar-refractivity contribution is 5.92. The molecule has 0 aromatic carbocycles. The van der Waals surface area contributed by atoms with Gasteiger partial charge < -0.3 is 10.8 Å². The van der Waals surface area contributed by atoms with E-state index in [9.17, 15) is 4.79 Å². The zero-order valence-electron chi connectivity index (χ0n) is 7.95. The van der Waals surface area contributed by atoms with E-state index in [1.54, 1.807) is 6.07 Å². The molecule has 74 valence electrons. The Kier molecular flexibility index (Phi) is 1.91. The van der Waals surface area contributed by atoms with E-state index in [1.807, 2.05) is 6.92 Å². The van der Waals surface area contributed by atoms with E-state index in [0.717, 1.165) is 24.1 Å². The zero-order chi connectivity index (χ0) is 10.3. The van der Waals surface area contributed by atoms with Crippen molar-refractivity contribution in [2.45, 2.75) is 25.7 Å². The van der Waals surface area contributed by atoms with Gasteiger partial charge in [0.2, 0.25) is 0 Å². The molecule has 2 rings (SSSR count). The quantitative estimate of drug-likeness (QED) is 0.745. The third-order valence-corrected chi connectivity index (χ3v) is 2.53. The van der Waals surface area contributed by atoms with Crippen LogP contribution in [0.5, 0.6) is 0 Å². The maximum Gasteiger partial charge on any atom is 0.339 e. The smallest absolute Gasteiger partial charge is 0.339 e. The molecule has 3 N–H and O–H groups in total. The number of rotatable bonds is 2. The van der Waals surface area contributed by atoms with Crippen molar-refractivity contribution in [1.29, 1.82) is 0 Å². The molecule has 14 heavy (non-hydrogen) atoms. The second-order valence-electron chi connectivity index (χ2n) is 3.68. The highest BCUT2D eigenvalue weighted by Gasteiger charge is 2.27. The summed E-state index contributed by atoms with van der Waals surface area (Å²) in [4.78, 5) is 14.9. The van der Waals surface area contributed by atoms with Crippen LogP contribution in [0.4, 0.5) is 5.82 Å². The van der Waals surface area contributed by atoms with Crippen molar-refractivity contribution >= 4 is 11.8 Å². The SMILES string of the molecule is Cc1nc(N)c(C(=O)O)cc1C1CC1. The summed E-state index contributed by atoms with van der Waals surface area (Å²) < 4.78 is 0. The maximum atomic E-state index is 10.8. The molecule has 1 saturated carbocycles. The van der Waals surface area contributed by atoms with E-state index in [-0.39, 0.29) is 11.4 Å². The van der Waals surface area contributed by atoms with Crippen LogP contribution in [0.15, 0.2) is 6.07 Å². The molecule has 0 bridgehead atoms. The van der Waals surface area contributed by atoms with Crippen LogP contribution < -0.4 is 5.73 Å². The van der Waals surface area contributed by atoms with Crippen LogP contribution in [-0.4, -0.2) is 16.1 Å². The summed E-state index contributed by atoms with van der Waals surface area (Å²) in [7, 11) is 0. The fraction of sp³-hybridized carbons (Fsp3) is 0.400. The summed E-state index contributed by atoms with van der Waals surface area (Å²) in [5.41, 5.74) is 7.54. The Morgan fingerprint density at radius 1 is 1.64 bits per heavy atom. The monoisotopic (exact) mass is 192 g/mol. The minimum atomic E-state index is -1.00. The molecule has 0 saturated heterocycles. The second kappa shape index (κ2) is 2.97. The Balaban J connectivity index is 2.51. The van der Waals surface area contributed by atoms with Crippen LogP contribution in [0.3, 0.4) is 0 Å². The Morgan fingerprint density at radius 3 is 2.79 bits per heavy atom. The largest absolute Gasteiger partial charge is 0.478 e. The zero-order valence-corrected chi connectivity index (χ0v) is 7.95. The van der Waals surface area contributed by atoms with Crippen molar-refractivity contribution in [2.24, 2.45) is 0 Å². The minimum Gasteiger partial charge on any atom is -0.478 e. The topological polar surface area (TPSA) is 76.2 Å². The molecule has 1 aliphatic rings. The van der Waals surface area contributed by atoms with E-state index >= 15 is 0 Å². The van der Waals surface area contributed by atoms with Crippen molar-refractivity contribution in [2.75, 3.05) is 5.73 Å². The number of nitrogens with two attached hydrogens (primary N) is 1. The summed E-state index contributed by atoms with van der Waals surface area (Å²) >= 11 is 0. The molecule has 1 aromatic heterocycles. The number of aryl methyl sites for hydroxylation is 1. The first-order valence-corrected chi connectivity index (χ1v) is 4.60. The van der Waals surface area contributed by atoms with Gasteiger partial charge in [0, 0.05) is 5.69 Å². The molecule has 0 radical (unpaired) electrons. The molecule has 1 fully saturated rings. The molecule has 4 heteroatoms. The molecule has 0 atom stereocenters. The molecule has 1 aliphatic carbocycles. The van der Waals surface area contributed by atoms with Crippen LogP contribution in [0.1, 0.15) is 40.4 Å². The number of aromatic carboxylic acids is 1. The van der Waals surface area contributed by atoms with Crippen molar-refractivity contribution < 1.29 is 9.90 Å². The van der Waals surface area contributed by atoms with Gasteiger partial charge in [-0.3, -0.25) is 0 Å². The fourth-order valence-corrected chi connectivity index (χ4v) is 1.62. The molecule has 0 unspecified atom stereocenters. The Hall–Kier alpha value is -1.58. The summed E-state index contributed by atoms with van der Waals surface area (Å²) in [6.45, 7) is 1.87. The number of hydrogen-bond acceptors (Lipinski definition) is 3. The van der Waals surface area contributed by atoms with E-state index in [1.165, 1.54) is 0 Å². The van der Waals surface area contributed by atoms with Gasteiger partial charge in [-0.2, -0.15) is 0 Å². The molecular formula is C10H12N2O2. The highest BCUT2D eigenvalue weighted by Crippen LogP contribution is 2.41. The van der Waals surface area contributed by atoms with E-state index in [4.69, 9.17) is 10.8 Å². The number of pyridine rings is 1. The number of nitrogens with zero attached hydrogens (tertiary/aromatic N) is 1. The molecule has 4 nitrogen and oxygen atoms in total. The van der Waals surface area contributed by atoms with E-state index in [2.05, 4.69) is 4.98 Å². The summed E-state index contributed by atoms with van der Waals surface area (Å²) in [5.74, 6) is -0.391. The third kappa shape index (κ3) is 1.43.